The summed E-state index contributed by atoms with van der Waals surface area (Å²) in [6.07, 6.45) is -1.02. The molecule has 2 amide bonds. The Morgan fingerprint density at radius 3 is 2.28 bits per heavy atom. The summed E-state index contributed by atoms with van der Waals surface area (Å²) in [6, 6.07) is 2.73. The third kappa shape index (κ3) is 4.70. The van der Waals surface area contributed by atoms with E-state index in [9.17, 15) is 36.1 Å². The summed E-state index contributed by atoms with van der Waals surface area (Å²) in [6.45, 7) is 1.49. The van der Waals surface area contributed by atoms with Crippen LogP contribution in [0.2, 0.25) is 0 Å². The highest BCUT2D eigenvalue weighted by Crippen LogP contribution is 2.27. The maximum atomic E-state index is 12.3. The summed E-state index contributed by atoms with van der Waals surface area (Å²) in [5.41, 5.74) is -1.21. The molecule has 15 heteroatoms. The van der Waals surface area contributed by atoms with Gasteiger partial charge in [-0.25, -0.2) is 9.69 Å². The van der Waals surface area contributed by atoms with Gasteiger partial charge < -0.3 is 9.84 Å². The van der Waals surface area contributed by atoms with Gasteiger partial charge in [-0.15, -0.1) is 0 Å². The molecule has 158 valence electrons. The molecule has 0 fully saturated rings. The lowest BCUT2D eigenvalue weighted by molar-refractivity contribution is 0.0714. The molecule has 2 rings (SSSR count). The summed E-state index contributed by atoms with van der Waals surface area (Å²) >= 11 is 0. The Kier molecular flexibility index (Phi) is 5.98. The Balaban J connectivity index is 2.64. The number of amides is 2. The van der Waals surface area contributed by atoms with Crippen molar-refractivity contribution >= 4 is 32.2 Å². The molecule has 29 heavy (non-hydrogen) atoms. The molecule has 0 radical (unpaired) electrons. The van der Waals surface area contributed by atoms with Crippen molar-refractivity contribution < 1.29 is 45.4 Å². The molecule has 0 bridgehead atoms. The minimum Gasteiger partial charge on any atom is -0.493 e. The van der Waals surface area contributed by atoms with E-state index in [0.717, 1.165) is 13.1 Å². The van der Waals surface area contributed by atoms with E-state index in [2.05, 4.69) is 9.84 Å². The second-order valence-corrected chi connectivity index (χ2v) is 8.25. The third-order valence-corrected chi connectivity index (χ3v) is 5.24. The largest absolute Gasteiger partial charge is 0.493 e. The van der Waals surface area contributed by atoms with Crippen LogP contribution in [0, 0.1) is 0 Å². The lowest BCUT2D eigenvalue weighted by atomic mass is 10.3. The number of hydrogen-bond donors (Lipinski definition) is 3. The van der Waals surface area contributed by atoms with Crippen LogP contribution in [-0.2, 0) is 25.0 Å². The first kappa shape index (κ1) is 22.3. The molecule has 1 aromatic carbocycles. The number of ether oxygens (including phenoxy) is 1. The summed E-state index contributed by atoms with van der Waals surface area (Å²) in [5, 5.41) is 13.7. The quantitative estimate of drug-likeness (QED) is 0.531. The van der Waals surface area contributed by atoms with Gasteiger partial charge in [0.15, 0.2) is 5.69 Å². The highest BCUT2D eigenvalue weighted by Gasteiger charge is 2.27. The van der Waals surface area contributed by atoms with Crippen LogP contribution in [0.5, 0.6) is 5.88 Å². The van der Waals surface area contributed by atoms with Crippen LogP contribution in [0.25, 0.3) is 5.69 Å². The fourth-order valence-corrected chi connectivity index (χ4v) is 3.32. The Morgan fingerprint density at radius 2 is 1.76 bits per heavy atom. The van der Waals surface area contributed by atoms with E-state index in [1.807, 2.05) is 0 Å². The van der Waals surface area contributed by atoms with Gasteiger partial charge in [0.05, 0.1) is 17.2 Å². The molecule has 0 unspecified atom stereocenters. The molecule has 1 aromatic heterocycles. The van der Waals surface area contributed by atoms with Crippen LogP contribution < -0.4 is 0 Å². The zero-order valence-electron chi connectivity index (χ0n) is 14.9. The van der Waals surface area contributed by atoms with Crippen molar-refractivity contribution in [3.63, 3.8) is 0 Å². The van der Waals surface area contributed by atoms with Crippen LogP contribution in [0.4, 0.5) is 4.79 Å². The maximum Gasteiger partial charge on any atom is 0.416 e. The summed E-state index contributed by atoms with van der Waals surface area (Å²) in [5.74, 6) is -1.86. The van der Waals surface area contributed by atoms with Crippen molar-refractivity contribution in [3.05, 3.63) is 30.0 Å². The highest BCUT2D eigenvalue weighted by atomic mass is 32.2. The summed E-state index contributed by atoms with van der Waals surface area (Å²) in [7, 11) is -8.64. The number of imide groups is 1. The number of hydrogen-bond acceptors (Lipinski definition) is 9. The zero-order chi connectivity index (χ0) is 22.1. The Labute approximate surface area is 164 Å². The molecule has 2 aromatic rings. The van der Waals surface area contributed by atoms with Crippen molar-refractivity contribution in [1.82, 2.24) is 14.7 Å². The van der Waals surface area contributed by atoms with Crippen molar-refractivity contribution in [2.75, 3.05) is 13.7 Å². The van der Waals surface area contributed by atoms with Gasteiger partial charge in [0.2, 0.25) is 5.88 Å². The van der Waals surface area contributed by atoms with Crippen LogP contribution in [0.15, 0.2) is 34.1 Å². The molecule has 0 aliphatic heterocycles. The zero-order valence-corrected chi connectivity index (χ0v) is 16.5. The van der Waals surface area contributed by atoms with Crippen molar-refractivity contribution in [2.24, 2.45) is 0 Å². The molecule has 0 aliphatic rings. The number of carbonyl (C=O) groups is 2. The van der Waals surface area contributed by atoms with Gasteiger partial charge in [-0.1, -0.05) is 0 Å². The molecular weight excluding hydrogens is 434 g/mol. The molecule has 13 nitrogen and oxygen atoms in total. The number of aromatic nitrogens is 2. The minimum atomic E-state index is -4.93. The van der Waals surface area contributed by atoms with E-state index in [4.69, 9.17) is 4.55 Å². The van der Waals surface area contributed by atoms with Crippen LogP contribution in [-0.4, -0.2) is 71.4 Å². The summed E-state index contributed by atoms with van der Waals surface area (Å²) < 4.78 is 69.5. The molecule has 0 aliphatic carbocycles. The Bertz CT molecular complexity index is 1180. The molecule has 0 saturated heterocycles. The number of benzene rings is 1. The predicted molar refractivity (Wildman–Crippen MR) is 94.0 cm³/mol. The average Bonchev–Trinajstić information content (AvgIpc) is 3.00. The van der Waals surface area contributed by atoms with E-state index < -0.39 is 59.3 Å². The van der Waals surface area contributed by atoms with Crippen LogP contribution in [0.1, 0.15) is 17.4 Å². The first-order valence-electron chi connectivity index (χ1n) is 7.60. The van der Waals surface area contributed by atoms with E-state index in [0.29, 0.717) is 27.8 Å². The smallest absolute Gasteiger partial charge is 0.416 e. The Morgan fingerprint density at radius 1 is 1.14 bits per heavy atom. The van der Waals surface area contributed by atoms with Gasteiger partial charge in [0, 0.05) is 13.1 Å². The molecule has 0 spiro atoms. The standard InChI is InChI=1S/C14H15N3O10S2/c1-3-27-14(20)16(2)13(19)9-7-12(18)17(15-9)10-6-8(28(21,22)23)4-5-11(10)29(24,25)26/h4-7,18H,3H2,1-2H3,(H,21,22,23)(H,24,25,26). The fraction of sp³-hybridized carbons (Fsp3) is 0.214. The average molecular weight is 449 g/mol. The van der Waals surface area contributed by atoms with Gasteiger partial charge in [0.25, 0.3) is 26.1 Å². The van der Waals surface area contributed by atoms with Crippen molar-refractivity contribution in [2.45, 2.75) is 16.7 Å². The first-order chi connectivity index (χ1) is 13.3. The number of aromatic hydroxyl groups is 1. The summed E-state index contributed by atoms with van der Waals surface area (Å²) in [4.78, 5) is 22.8. The van der Waals surface area contributed by atoms with Crippen molar-refractivity contribution in [3.8, 4) is 11.6 Å². The van der Waals surface area contributed by atoms with E-state index in [1.54, 1.807) is 0 Å². The second kappa shape index (κ2) is 7.78. The number of nitrogens with zero attached hydrogens (tertiary/aromatic N) is 3. The topological polar surface area (TPSA) is 193 Å². The number of carbonyl (C=O) groups excluding carboxylic acids is 2. The van der Waals surface area contributed by atoms with Gasteiger partial charge in [-0.2, -0.15) is 26.6 Å². The van der Waals surface area contributed by atoms with E-state index >= 15 is 0 Å². The lowest BCUT2D eigenvalue weighted by Gasteiger charge is -2.13. The third-order valence-electron chi connectivity index (χ3n) is 3.49. The van der Waals surface area contributed by atoms with Gasteiger partial charge in [-0.3, -0.25) is 13.9 Å². The van der Waals surface area contributed by atoms with Crippen LogP contribution in [0.3, 0.4) is 0 Å². The molecular formula is C14H15N3O10S2. The first-order valence-corrected chi connectivity index (χ1v) is 10.5. The Hall–Kier alpha value is -3.01. The number of rotatable bonds is 5. The molecule has 0 saturated carbocycles. The molecule has 3 N–H and O–H groups in total. The van der Waals surface area contributed by atoms with E-state index in [1.165, 1.54) is 6.92 Å². The highest BCUT2D eigenvalue weighted by molar-refractivity contribution is 7.86. The van der Waals surface area contributed by atoms with Crippen molar-refractivity contribution in [1.29, 1.82) is 0 Å². The maximum absolute atomic E-state index is 12.3. The van der Waals surface area contributed by atoms with Crippen LogP contribution >= 0.6 is 0 Å². The second-order valence-electron chi connectivity index (χ2n) is 5.44. The van der Waals surface area contributed by atoms with E-state index in [-0.39, 0.29) is 6.61 Å². The molecule has 1 heterocycles. The predicted octanol–water partition coefficient (Wildman–Crippen LogP) is 0.300. The normalized spacial score (nSPS) is 11.9. The molecule has 0 atom stereocenters. The van der Waals surface area contributed by atoms with Gasteiger partial charge >= 0.3 is 6.09 Å². The minimum absolute atomic E-state index is 0.0176. The van der Waals surface area contributed by atoms with Gasteiger partial charge in [-0.05, 0) is 25.1 Å². The van der Waals surface area contributed by atoms with Gasteiger partial charge in [0.1, 0.15) is 4.90 Å². The fourth-order valence-electron chi connectivity index (χ4n) is 2.17. The SMILES string of the molecule is CCOC(=O)N(C)C(=O)c1cc(O)n(-c2cc(S(=O)(=O)O)ccc2S(=O)(=O)O)n1. The monoisotopic (exact) mass is 449 g/mol. The lowest BCUT2D eigenvalue weighted by Crippen LogP contribution is -2.34.